The van der Waals surface area contributed by atoms with Crippen LogP contribution in [0.5, 0.6) is 11.5 Å². The van der Waals surface area contributed by atoms with Crippen LogP contribution in [0.25, 0.3) is 0 Å². The lowest BCUT2D eigenvalue weighted by Gasteiger charge is -2.15. The molecule has 10 heteroatoms. The first-order chi connectivity index (χ1) is 14.4. The standard InChI is InChI=1S/C20H16ClNO7S/c1-26-15-9-11(20(25)29-10-13(23)16-5-6-17(21)30-16)8-12(18(15)27-2)22-19(24)14-4-3-7-28-14/h3-9H,10H2,1-2H3,(H,22,24). The molecule has 156 valence electrons. The third-order valence-electron chi connectivity index (χ3n) is 3.89. The number of rotatable bonds is 8. The van der Waals surface area contributed by atoms with Crippen LogP contribution < -0.4 is 14.8 Å². The van der Waals surface area contributed by atoms with Crippen molar-refractivity contribution < 1.29 is 33.0 Å². The molecule has 0 fully saturated rings. The molecule has 0 saturated carbocycles. The van der Waals surface area contributed by atoms with Crippen LogP contribution in [0.3, 0.4) is 0 Å². The molecule has 0 aliphatic carbocycles. The highest BCUT2D eigenvalue weighted by atomic mass is 35.5. The molecule has 0 atom stereocenters. The molecule has 1 amide bonds. The molecule has 0 saturated heterocycles. The second-order valence-corrected chi connectivity index (χ2v) is 7.51. The summed E-state index contributed by atoms with van der Waals surface area (Å²) in [6.45, 7) is -0.460. The molecule has 2 aromatic heterocycles. The maximum atomic E-state index is 12.5. The zero-order valence-electron chi connectivity index (χ0n) is 15.9. The second-order valence-electron chi connectivity index (χ2n) is 5.79. The van der Waals surface area contributed by atoms with Gasteiger partial charge in [-0.05, 0) is 36.4 Å². The van der Waals surface area contributed by atoms with Gasteiger partial charge in [0.05, 0.1) is 40.9 Å². The van der Waals surface area contributed by atoms with E-state index in [9.17, 15) is 14.4 Å². The number of hydrogen-bond acceptors (Lipinski definition) is 8. The van der Waals surface area contributed by atoms with Crippen molar-refractivity contribution in [3.63, 3.8) is 0 Å². The number of ketones is 1. The number of Topliss-reactive ketones (excluding diaryl/α,β-unsaturated/α-hetero) is 1. The lowest BCUT2D eigenvalue weighted by Crippen LogP contribution is -2.15. The van der Waals surface area contributed by atoms with Crippen LogP contribution in [0.1, 0.15) is 30.6 Å². The number of carbonyl (C=O) groups is 3. The Labute approximate surface area is 180 Å². The average Bonchev–Trinajstić information content (AvgIpc) is 3.43. The molecule has 3 aromatic rings. The molecule has 0 aliphatic rings. The fourth-order valence-electron chi connectivity index (χ4n) is 2.52. The lowest BCUT2D eigenvalue weighted by atomic mass is 10.1. The smallest absolute Gasteiger partial charge is 0.338 e. The van der Waals surface area contributed by atoms with Gasteiger partial charge in [-0.25, -0.2) is 4.79 Å². The van der Waals surface area contributed by atoms with Gasteiger partial charge in [0.25, 0.3) is 5.91 Å². The van der Waals surface area contributed by atoms with Crippen LogP contribution in [0.2, 0.25) is 4.34 Å². The molecule has 1 aromatic carbocycles. The molecule has 0 bridgehead atoms. The van der Waals surface area contributed by atoms with Gasteiger partial charge in [0.2, 0.25) is 5.78 Å². The number of hydrogen-bond donors (Lipinski definition) is 1. The zero-order valence-corrected chi connectivity index (χ0v) is 17.5. The molecule has 30 heavy (non-hydrogen) atoms. The fraction of sp³-hybridized carbons (Fsp3) is 0.150. The van der Waals surface area contributed by atoms with E-state index in [0.29, 0.717) is 9.21 Å². The average molecular weight is 450 g/mol. The van der Waals surface area contributed by atoms with Crippen LogP contribution >= 0.6 is 22.9 Å². The van der Waals surface area contributed by atoms with Crippen molar-refractivity contribution >= 4 is 46.3 Å². The minimum Gasteiger partial charge on any atom is -0.493 e. The van der Waals surface area contributed by atoms with Gasteiger partial charge in [-0.3, -0.25) is 9.59 Å². The highest BCUT2D eigenvalue weighted by Crippen LogP contribution is 2.37. The summed E-state index contributed by atoms with van der Waals surface area (Å²) in [6, 6.07) is 8.94. The summed E-state index contributed by atoms with van der Waals surface area (Å²) < 4.78 is 21.2. The van der Waals surface area contributed by atoms with E-state index < -0.39 is 18.5 Å². The predicted molar refractivity (Wildman–Crippen MR) is 110 cm³/mol. The van der Waals surface area contributed by atoms with Gasteiger partial charge in [0.15, 0.2) is 23.9 Å². The zero-order chi connectivity index (χ0) is 21.7. The Balaban J connectivity index is 1.80. The quantitative estimate of drug-likeness (QED) is 0.403. The van der Waals surface area contributed by atoms with Crippen LogP contribution in [-0.2, 0) is 4.74 Å². The normalized spacial score (nSPS) is 10.4. The van der Waals surface area contributed by atoms with E-state index in [0.717, 1.165) is 11.3 Å². The van der Waals surface area contributed by atoms with Crippen molar-refractivity contribution in [1.82, 2.24) is 0 Å². The summed E-state index contributed by atoms with van der Waals surface area (Å²) in [6.07, 6.45) is 1.36. The van der Waals surface area contributed by atoms with E-state index >= 15 is 0 Å². The molecule has 0 spiro atoms. The van der Waals surface area contributed by atoms with Crippen LogP contribution in [0.4, 0.5) is 5.69 Å². The van der Waals surface area contributed by atoms with Crippen molar-refractivity contribution in [2.75, 3.05) is 26.1 Å². The van der Waals surface area contributed by atoms with Gasteiger partial charge in [-0.1, -0.05) is 11.6 Å². The summed E-state index contributed by atoms with van der Waals surface area (Å²) in [5.41, 5.74) is 0.223. The number of anilines is 1. The molecular formula is C20H16ClNO7S. The van der Waals surface area contributed by atoms with Crippen molar-refractivity contribution in [2.24, 2.45) is 0 Å². The van der Waals surface area contributed by atoms with Crippen LogP contribution in [-0.4, -0.2) is 38.5 Å². The SMILES string of the molecule is COc1cc(C(=O)OCC(=O)c2ccc(Cl)s2)cc(NC(=O)c2ccco2)c1OC. The summed E-state index contributed by atoms with van der Waals surface area (Å²) >= 11 is 6.91. The number of benzene rings is 1. The lowest BCUT2D eigenvalue weighted by molar-refractivity contribution is 0.0475. The Kier molecular flexibility index (Phi) is 6.76. The van der Waals surface area contributed by atoms with Gasteiger partial charge in [-0.2, -0.15) is 0 Å². The van der Waals surface area contributed by atoms with E-state index in [1.54, 1.807) is 18.2 Å². The highest BCUT2D eigenvalue weighted by molar-refractivity contribution is 7.18. The largest absolute Gasteiger partial charge is 0.493 e. The second kappa shape index (κ2) is 9.47. The molecule has 0 radical (unpaired) electrons. The minimum absolute atomic E-state index is 0.0550. The Morgan fingerprint density at radius 1 is 1.13 bits per heavy atom. The topological polar surface area (TPSA) is 104 Å². The maximum Gasteiger partial charge on any atom is 0.338 e. The van der Waals surface area contributed by atoms with E-state index in [1.165, 1.54) is 38.7 Å². The van der Waals surface area contributed by atoms with Crippen molar-refractivity contribution in [2.45, 2.75) is 0 Å². The van der Waals surface area contributed by atoms with Gasteiger partial charge in [0.1, 0.15) is 0 Å². The van der Waals surface area contributed by atoms with Gasteiger partial charge in [0, 0.05) is 0 Å². The number of amides is 1. The summed E-state index contributed by atoms with van der Waals surface area (Å²) in [5.74, 6) is -1.23. The van der Waals surface area contributed by atoms with Gasteiger partial charge >= 0.3 is 5.97 Å². The first-order valence-electron chi connectivity index (χ1n) is 8.49. The third-order valence-corrected chi connectivity index (χ3v) is 5.16. The maximum absolute atomic E-state index is 12.5. The van der Waals surface area contributed by atoms with Gasteiger partial charge < -0.3 is 23.9 Å². The van der Waals surface area contributed by atoms with Gasteiger partial charge in [-0.15, -0.1) is 11.3 Å². The molecular weight excluding hydrogens is 434 g/mol. The molecule has 0 unspecified atom stereocenters. The monoisotopic (exact) mass is 449 g/mol. The van der Waals surface area contributed by atoms with Crippen LogP contribution in [0, 0.1) is 0 Å². The third kappa shape index (κ3) is 4.81. The van der Waals surface area contributed by atoms with E-state index in [-0.39, 0.29) is 34.3 Å². The van der Waals surface area contributed by atoms with E-state index in [2.05, 4.69) is 5.32 Å². The first kappa shape index (κ1) is 21.4. The molecule has 8 nitrogen and oxygen atoms in total. The van der Waals surface area contributed by atoms with Crippen molar-refractivity contribution in [3.05, 3.63) is 63.2 Å². The summed E-state index contributed by atoms with van der Waals surface area (Å²) in [4.78, 5) is 37.3. The molecule has 2 heterocycles. The number of halogens is 1. The molecule has 1 N–H and O–H groups in total. The number of esters is 1. The Morgan fingerprint density at radius 2 is 1.93 bits per heavy atom. The minimum atomic E-state index is -0.777. The number of nitrogens with one attached hydrogen (secondary N) is 1. The van der Waals surface area contributed by atoms with Crippen molar-refractivity contribution in [3.8, 4) is 11.5 Å². The number of carbonyl (C=O) groups excluding carboxylic acids is 3. The number of thiophene rings is 1. The van der Waals surface area contributed by atoms with Crippen LogP contribution in [0.15, 0.2) is 47.1 Å². The number of methoxy groups -OCH3 is 2. The first-order valence-corrected chi connectivity index (χ1v) is 9.69. The van der Waals surface area contributed by atoms with Crippen molar-refractivity contribution in [1.29, 1.82) is 0 Å². The highest BCUT2D eigenvalue weighted by Gasteiger charge is 2.21. The molecule has 0 aliphatic heterocycles. The Bertz CT molecular complexity index is 1080. The number of ether oxygens (including phenoxy) is 3. The fourth-order valence-corrected chi connectivity index (χ4v) is 3.48. The predicted octanol–water partition coefficient (Wildman–Crippen LogP) is 4.30. The Morgan fingerprint density at radius 3 is 2.53 bits per heavy atom. The summed E-state index contributed by atoms with van der Waals surface area (Å²) in [5, 5.41) is 2.60. The van der Waals surface area contributed by atoms with E-state index in [4.69, 9.17) is 30.2 Å². The van der Waals surface area contributed by atoms with E-state index in [1.807, 2.05) is 0 Å². The Hall–Kier alpha value is -3.30. The summed E-state index contributed by atoms with van der Waals surface area (Å²) in [7, 11) is 2.78. The molecule has 3 rings (SSSR count). The number of furan rings is 1.